The first-order valence-corrected chi connectivity index (χ1v) is 10.2. The zero-order valence-electron chi connectivity index (χ0n) is 16.4. The predicted octanol–water partition coefficient (Wildman–Crippen LogP) is 3.49. The fourth-order valence-electron chi connectivity index (χ4n) is 2.85. The highest BCUT2D eigenvalue weighted by molar-refractivity contribution is 7.99. The van der Waals surface area contributed by atoms with Crippen LogP contribution < -0.4 is 20.1 Å². The molecule has 29 heavy (non-hydrogen) atoms. The number of anilines is 2. The average molecular weight is 414 g/mol. The van der Waals surface area contributed by atoms with E-state index < -0.39 is 6.10 Å². The van der Waals surface area contributed by atoms with E-state index in [0.29, 0.717) is 34.2 Å². The molecule has 7 nitrogen and oxygen atoms in total. The Morgan fingerprint density at radius 3 is 2.76 bits per heavy atom. The minimum Gasteiger partial charge on any atom is -0.496 e. The van der Waals surface area contributed by atoms with Gasteiger partial charge in [0.2, 0.25) is 5.91 Å². The molecule has 1 aliphatic heterocycles. The zero-order chi connectivity index (χ0) is 21.0. The van der Waals surface area contributed by atoms with E-state index in [1.54, 1.807) is 50.4 Å². The van der Waals surface area contributed by atoms with Crippen molar-refractivity contribution in [1.29, 1.82) is 0 Å². The molecular weight excluding hydrogens is 392 g/mol. The highest BCUT2D eigenvalue weighted by atomic mass is 32.2. The number of Topliss-reactive ketones (excluding diaryl/α,β-unsaturated/α-hetero) is 1. The van der Waals surface area contributed by atoms with E-state index in [1.165, 1.54) is 18.7 Å². The zero-order valence-corrected chi connectivity index (χ0v) is 17.2. The Kier molecular flexibility index (Phi) is 6.43. The second kappa shape index (κ2) is 9.00. The predicted molar refractivity (Wildman–Crippen MR) is 113 cm³/mol. The number of ether oxygens (including phenoxy) is 2. The van der Waals surface area contributed by atoms with Gasteiger partial charge in [0, 0.05) is 22.6 Å². The summed E-state index contributed by atoms with van der Waals surface area (Å²) in [5.41, 5.74) is 2.58. The van der Waals surface area contributed by atoms with Crippen LogP contribution in [-0.4, -0.2) is 36.6 Å². The number of rotatable bonds is 7. The standard InChI is InChI=1S/C21H22N2O5S/c1-12(24)14-4-6-18(27-3)15(8-14)10-29-11-20(25)22-16-5-7-19-17(9-16)23-21(26)13(2)28-19/h4-9,13H,10-11H2,1-3H3,(H,22,25)(H,23,26)/t13-/m0/s1. The van der Waals surface area contributed by atoms with Crippen molar-refractivity contribution in [3.63, 3.8) is 0 Å². The molecule has 0 saturated heterocycles. The quantitative estimate of drug-likeness (QED) is 0.674. The highest BCUT2D eigenvalue weighted by Crippen LogP contribution is 2.32. The summed E-state index contributed by atoms with van der Waals surface area (Å²) in [6, 6.07) is 10.4. The minimum atomic E-state index is -0.544. The molecule has 2 aromatic rings. The van der Waals surface area contributed by atoms with Gasteiger partial charge in [-0.2, -0.15) is 0 Å². The Morgan fingerprint density at radius 1 is 1.24 bits per heavy atom. The van der Waals surface area contributed by atoms with Gasteiger partial charge in [-0.25, -0.2) is 0 Å². The summed E-state index contributed by atoms with van der Waals surface area (Å²) < 4.78 is 10.8. The van der Waals surface area contributed by atoms with Crippen LogP contribution in [0.25, 0.3) is 0 Å². The van der Waals surface area contributed by atoms with Crippen molar-refractivity contribution in [3.05, 3.63) is 47.5 Å². The van der Waals surface area contributed by atoms with E-state index in [1.807, 2.05) is 0 Å². The van der Waals surface area contributed by atoms with Crippen molar-refractivity contribution >= 4 is 40.7 Å². The van der Waals surface area contributed by atoms with Crippen LogP contribution in [0, 0.1) is 0 Å². The minimum absolute atomic E-state index is 0.0190. The number of benzene rings is 2. The van der Waals surface area contributed by atoms with Gasteiger partial charge in [0.05, 0.1) is 18.6 Å². The van der Waals surface area contributed by atoms with Crippen molar-refractivity contribution in [1.82, 2.24) is 0 Å². The van der Waals surface area contributed by atoms with E-state index in [-0.39, 0.29) is 23.4 Å². The Morgan fingerprint density at radius 2 is 2.03 bits per heavy atom. The molecule has 0 saturated carbocycles. The molecule has 0 bridgehead atoms. The number of hydrogen-bond donors (Lipinski definition) is 2. The first-order valence-electron chi connectivity index (χ1n) is 9.04. The maximum atomic E-state index is 12.3. The maximum absolute atomic E-state index is 12.3. The molecule has 8 heteroatoms. The van der Waals surface area contributed by atoms with Crippen LogP contribution in [-0.2, 0) is 15.3 Å². The van der Waals surface area contributed by atoms with Gasteiger partial charge >= 0.3 is 0 Å². The Bertz CT molecular complexity index is 960. The lowest BCUT2D eigenvalue weighted by atomic mass is 10.1. The Balaban J connectivity index is 1.57. The summed E-state index contributed by atoms with van der Waals surface area (Å²) in [4.78, 5) is 35.6. The molecule has 1 heterocycles. The van der Waals surface area contributed by atoms with E-state index in [9.17, 15) is 14.4 Å². The van der Waals surface area contributed by atoms with Gasteiger partial charge in [0.1, 0.15) is 11.5 Å². The number of carbonyl (C=O) groups is 3. The third-order valence-electron chi connectivity index (χ3n) is 4.37. The molecule has 152 valence electrons. The summed E-state index contributed by atoms with van der Waals surface area (Å²) in [5, 5.41) is 5.56. The van der Waals surface area contributed by atoms with Crippen LogP contribution in [0.2, 0.25) is 0 Å². The van der Waals surface area contributed by atoms with Crippen LogP contribution >= 0.6 is 11.8 Å². The SMILES string of the molecule is COc1ccc(C(C)=O)cc1CSCC(=O)Nc1ccc2c(c1)NC(=O)[C@H](C)O2. The first kappa shape index (κ1) is 20.7. The molecular formula is C21H22N2O5S. The van der Waals surface area contributed by atoms with E-state index in [4.69, 9.17) is 9.47 Å². The van der Waals surface area contributed by atoms with Crippen molar-refractivity contribution in [2.75, 3.05) is 23.5 Å². The lowest BCUT2D eigenvalue weighted by Crippen LogP contribution is -2.34. The molecule has 1 aliphatic rings. The maximum Gasteiger partial charge on any atom is 0.265 e. The largest absolute Gasteiger partial charge is 0.496 e. The van der Waals surface area contributed by atoms with E-state index in [0.717, 1.165) is 5.56 Å². The number of ketones is 1. The molecule has 0 spiro atoms. The molecule has 2 amide bonds. The van der Waals surface area contributed by atoms with Crippen LogP contribution in [0.15, 0.2) is 36.4 Å². The number of thioether (sulfide) groups is 1. The molecule has 2 aromatic carbocycles. The van der Waals surface area contributed by atoms with Gasteiger partial charge in [-0.05, 0) is 50.2 Å². The summed E-state index contributed by atoms with van der Waals surface area (Å²) >= 11 is 1.42. The smallest absolute Gasteiger partial charge is 0.265 e. The Hall–Kier alpha value is -3.00. The van der Waals surface area contributed by atoms with E-state index in [2.05, 4.69) is 10.6 Å². The summed E-state index contributed by atoms with van der Waals surface area (Å²) in [6.07, 6.45) is -0.544. The van der Waals surface area contributed by atoms with Crippen LogP contribution in [0.1, 0.15) is 29.8 Å². The fourth-order valence-corrected chi connectivity index (χ4v) is 3.65. The van der Waals surface area contributed by atoms with Gasteiger partial charge in [-0.1, -0.05) is 0 Å². The lowest BCUT2D eigenvalue weighted by Gasteiger charge is -2.23. The van der Waals surface area contributed by atoms with Crippen molar-refractivity contribution in [3.8, 4) is 11.5 Å². The highest BCUT2D eigenvalue weighted by Gasteiger charge is 2.23. The molecule has 1 atom stereocenters. The van der Waals surface area contributed by atoms with Crippen LogP contribution in [0.5, 0.6) is 11.5 Å². The van der Waals surface area contributed by atoms with Gasteiger partial charge in [0.25, 0.3) is 5.91 Å². The molecule has 2 N–H and O–H groups in total. The number of methoxy groups -OCH3 is 1. The van der Waals surface area contributed by atoms with Crippen molar-refractivity contribution in [2.45, 2.75) is 25.7 Å². The third kappa shape index (κ3) is 5.08. The third-order valence-corrected chi connectivity index (χ3v) is 5.35. The number of carbonyl (C=O) groups excluding carboxylic acids is 3. The van der Waals surface area contributed by atoms with Gasteiger partial charge < -0.3 is 20.1 Å². The topological polar surface area (TPSA) is 93.7 Å². The van der Waals surface area contributed by atoms with Crippen molar-refractivity contribution in [2.24, 2.45) is 0 Å². The second-order valence-electron chi connectivity index (χ2n) is 6.58. The monoisotopic (exact) mass is 414 g/mol. The number of amides is 2. The number of hydrogen-bond acceptors (Lipinski definition) is 6. The van der Waals surface area contributed by atoms with Crippen LogP contribution in [0.4, 0.5) is 11.4 Å². The summed E-state index contributed by atoms with van der Waals surface area (Å²) in [6.45, 7) is 3.19. The van der Waals surface area contributed by atoms with Crippen LogP contribution in [0.3, 0.4) is 0 Å². The summed E-state index contributed by atoms with van der Waals surface area (Å²) in [7, 11) is 1.57. The van der Waals surface area contributed by atoms with Crippen molar-refractivity contribution < 1.29 is 23.9 Å². The van der Waals surface area contributed by atoms with E-state index >= 15 is 0 Å². The fraction of sp³-hybridized carbons (Fsp3) is 0.286. The lowest BCUT2D eigenvalue weighted by molar-refractivity contribution is -0.122. The first-order chi connectivity index (χ1) is 13.9. The summed E-state index contributed by atoms with van der Waals surface area (Å²) in [5.74, 6) is 1.60. The molecule has 0 fully saturated rings. The van der Waals surface area contributed by atoms with Gasteiger partial charge in [-0.15, -0.1) is 11.8 Å². The Labute approximate surface area is 173 Å². The van der Waals surface area contributed by atoms with Gasteiger partial charge in [0.15, 0.2) is 11.9 Å². The molecule has 0 radical (unpaired) electrons. The average Bonchev–Trinajstić information content (AvgIpc) is 2.69. The molecule has 0 unspecified atom stereocenters. The second-order valence-corrected chi connectivity index (χ2v) is 7.57. The number of nitrogens with one attached hydrogen (secondary N) is 2. The normalized spacial score (nSPS) is 15.0. The van der Waals surface area contributed by atoms with Gasteiger partial charge in [-0.3, -0.25) is 14.4 Å². The molecule has 3 rings (SSSR count). The molecule has 0 aliphatic carbocycles. The number of fused-ring (bicyclic) bond motifs is 1. The molecule has 0 aromatic heterocycles.